The average Bonchev–Trinajstić information content (AvgIpc) is 2.36. The number of nitrogens with two attached hydrogens (primary N) is 1. The number of nitrogens with one attached hydrogen (secondary N) is 1. The molecular formula is C11H14Cl2N2O4S. The number of halogens is 2. The van der Waals surface area contributed by atoms with Crippen LogP contribution in [0.2, 0.25) is 10.0 Å². The third-order valence-electron chi connectivity index (χ3n) is 2.31. The van der Waals surface area contributed by atoms with Gasteiger partial charge in [-0.1, -0.05) is 23.2 Å². The summed E-state index contributed by atoms with van der Waals surface area (Å²) in [5.41, 5.74) is -0.0558. The van der Waals surface area contributed by atoms with Crippen LogP contribution < -0.4 is 10.5 Å². The number of amides is 1. The van der Waals surface area contributed by atoms with E-state index in [1.165, 1.54) is 0 Å². The summed E-state index contributed by atoms with van der Waals surface area (Å²) in [7, 11) is -3.97. The second-order valence-corrected chi connectivity index (χ2v) is 6.11. The Bertz CT molecular complexity index is 605. The fourth-order valence-corrected chi connectivity index (χ4v) is 2.41. The number of ether oxygens (including phenoxy) is 1. The molecule has 0 fully saturated rings. The van der Waals surface area contributed by atoms with Crippen LogP contribution in [0.25, 0.3) is 0 Å². The second-order valence-electron chi connectivity index (χ2n) is 3.76. The highest BCUT2D eigenvalue weighted by molar-refractivity contribution is 7.89. The summed E-state index contributed by atoms with van der Waals surface area (Å²) in [5.74, 6) is -0.554. The van der Waals surface area contributed by atoms with Gasteiger partial charge in [-0.25, -0.2) is 13.6 Å². The topological polar surface area (TPSA) is 98.5 Å². The Balaban J connectivity index is 2.99. The molecular weight excluding hydrogens is 327 g/mol. The molecule has 0 unspecified atom stereocenters. The first-order valence-corrected chi connectivity index (χ1v) is 7.95. The maximum absolute atomic E-state index is 11.9. The van der Waals surface area contributed by atoms with Gasteiger partial charge < -0.3 is 10.1 Å². The third kappa shape index (κ3) is 4.60. The van der Waals surface area contributed by atoms with Crippen LogP contribution >= 0.6 is 23.2 Å². The molecule has 0 saturated heterocycles. The Morgan fingerprint density at radius 3 is 2.60 bits per heavy atom. The Morgan fingerprint density at radius 1 is 1.40 bits per heavy atom. The first kappa shape index (κ1) is 17.2. The molecule has 0 heterocycles. The molecule has 9 heteroatoms. The van der Waals surface area contributed by atoms with Crippen LogP contribution in [0.1, 0.15) is 17.3 Å². The van der Waals surface area contributed by atoms with Crippen molar-refractivity contribution in [1.82, 2.24) is 5.32 Å². The normalized spacial score (nSPS) is 11.4. The van der Waals surface area contributed by atoms with Crippen LogP contribution in [0.15, 0.2) is 17.0 Å². The summed E-state index contributed by atoms with van der Waals surface area (Å²) in [6.07, 6.45) is 0. The summed E-state index contributed by atoms with van der Waals surface area (Å²) in [6, 6.07) is 2.18. The van der Waals surface area contributed by atoms with Crippen molar-refractivity contribution < 1.29 is 17.9 Å². The van der Waals surface area contributed by atoms with Crippen molar-refractivity contribution in [3.05, 3.63) is 27.7 Å². The number of carbonyl (C=O) groups excluding carboxylic acids is 1. The highest BCUT2D eigenvalue weighted by Gasteiger charge is 2.18. The number of sulfonamides is 1. The van der Waals surface area contributed by atoms with Gasteiger partial charge in [0.15, 0.2) is 0 Å². The zero-order valence-corrected chi connectivity index (χ0v) is 13.0. The molecule has 0 aliphatic heterocycles. The third-order valence-corrected chi connectivity index (χ3v) is 4.01. The minimum Gasteiger partial charge on any atom is -0.380 e. The summed E-state index contributed by atoms with van der Waals surface area (Å²) in [4.78, 5) is 11.6. The molecule has 0 aromatic heterocycles. The van der Waals surface area contributed by atoms with Gasteiger partial charge in [0.25, 0.3) is 5.91 Å². The van der Waals surface area contributed by atoms with Crippen LogP contribution in [0.4, 0.5) is 0 Å². The molecule has 3 N–H and O–H groups in total. The van der Waals surface area contributed by atoms with Crippen molar-refractivity contribution in [2.45, 2.75) is 11.8 Å². The van der Waals surface area contributed by atoms with Crippen LogP contribution in [0.5, 0.6) is 0 Å². The van der Waals surface area contributed by atoms with E-state index >= 15 is 0 Å². The first-order chi connectivity index (χ1) is 9.27. The lowest BCUT2D eigenvalue weighted by Crippen LogP contribution is -2.28. The highest BCUT2D eigenvalue weighted by atomic mass is 35.5. The van der Waals surface area contributed by atoms with Crippen molar-refractivity contribution >= 4 is 39.1 Å². The highest BCUT2D eigenvalue weighted by Crippen LogP contribution is 2.29. The first-order valence-electron chi connectivity index (χ1n) is 5.65. The van der Waals surface area contributed by atoms with Crippen molar-refractivity contribution in [3.8, 4) is 0 Å². The van der Waals surface area contributed by atoms with Crippen LogP contribution in [-0.2, 0) is 14.8 Å². The Morgan fingerprint density at radius 2 is 2.05 bits per heavy atom. The molecule has 0 aliphatic carbocycles. The zero-order valence-electron chi connectivity index (χ0n) is 10.7. The second kappa shape index (κ2) is 7.24. The Hall–Kier alpha value is -0.860. The van der Waals surface area contributed by atoms with Gasteiger partial charge in [0.1, 0.15) is 0 Å². The maximum atomic E-state index is 11.9. The van der Waals surface area contributed by atoms with Gasteiger partial charge in [0, 0.05) is 13.2 Å². The minimum atomic E-state index is -3.97. The minimum absolute atomic E-state index is 0.0343. The predicted molar refractivity (Wildman–Crippen MR) is 76.7 cm³/mol. The van der Waals surface area contributed by atoms with E-state index in [2.05, 4.69) is 5.32 Å². The van der Waals surface area contributed by atoms with Gasteiger partial charge >= 0.3 is 0 Å². The van der Waals surface area contributed by atoms with Crippen molar-refractivity contribution in [2.75, 3.05) is 19.8 Å². The van der Waals surface area contributed by atoms with E-state index in [1.807, 2.05) is 6.92 Å². The molecule has 6 nitrogen and oxygen atoms in total. The van der Waals surface area contributed by atoms with E-state index in [0.29, 0.717) is 13.2 Å². The average molecular weight is 341 g/mol. The van der Waals surface area contributed by atoms with Gasteiger partial charge in [-0.2, -0.15) is 0 Å². The summed E-state index contributed by atoms with van der Waals surface area (Å²) >= 11 is 11.7. The molecule has 1 rings (SSSR count). The SMILES string of the molecule is CCOCCNC(=O)c1cc(S(N)(=O)=O)cc(Cl)c1Cl. The molecule has 1 aromatic carbocycles. The maximum Gasteiger partial charge on any atom is 0.252 e. The summed E-state index contributed by atoms with van der Waals surface area (Å²) in [5, 5.41) is 7.44. The lowest BCUT2D eigenvalue weighted by atomic mass is 10.2. The lowest BCUT2D eigenvalue weighted by Gasteiger charge is -2.09. The van der Waals surface area contributed by atoms with Crippen LogP contribution in [0.3, 0.4) is 0 Å². The number of benzene rings is 1. The number of primary sulfonamides is 1. The van der Waals surface area contributed by atoms with Crippen LogP contribution in [0, 0.1) is 0 Å². The molecule has 1 aromatic rings. The van der Waals surface area contributed by atoms with Gasteiger partial charge in [-0.15, -0.1) is 0 Å². The largest absolute Gasteiger partial charge is 0.380 e. The predicted octanol–water partition coefficient (Wildman–Crippen LogP) is 1.41. The monoisotopic (exact) mass is 340 g/mol. The van der Waals surface area contributed by atoms with Crippen molar-refractivity contribution in [1.29, 1.82) is 0 Å². The molecule has 0 spiro atoms. The molecule has 0 aliphatic rings. The summed E-state index contributed by atoms with van der Waals surface area (Å²) in [6.45, 7) is 2.96. The van der Waals surface area contributed by atoms with Crippen molar-refractivity contribution in [3.63, 3.8) is 0 Å². The fraction of sp³-hybridized carbons (Fsp3) is 0.364. The number of hydrogen-bond acceptors (Lipinski definition) is 4. The molecule has 1 amide bonds. The molecule has 0 atom stereocenters. The Labute approximate surface area is 127 Å². The van der Waals surface area contributed by atoms with Gasteiger partial charge in [-0.3, -0.25) is 4.79 Å². The molecule has 0 radical (unpaired) electrons. The van der Waals surface area contributed by atoms with Gasteiger partial charge in [0.05, 0.1) is 27.1 Å². The zero-order chi connectivity index (χ0) is 15.3. The van der Waals surface area contributed by atoms with E-state index in [4.69, 9.17) is 33.1 Å². The lowest BCUT2D eigenvalue weighted by molar-refractivity contribution is 0.0922. The van der Waals surface area contributed by atoms with Crippen molar-refractivity contribution in [2.24, 2.45) is 5.14 Å². The number of rotatable bonds is 6. The van der Waals surface area contributed by atoms with E-state index in [9.17, 15) is 13.2 Å². The Kier molecular flexibility index (Phi) is 6.22. The molecule has 0 saturated carbocycles. The molecule has 112 valence electrons. The van der Waals surface area contributed by atoms with E-state index < -0.39 is 15.9 Å². The smallest absolute Gasteiger partial charge is 0.252 e. The fourth-order valence-electron chi connectivity index (χ4n) is 1.37. The molecule has 0 bridgehead atoms. The quantitative estimate of drug-likeness (QED) is 0.764. The van der Waals surface area contributed by atoms with E-state index in [1.54, 1.807) is 0 Å². The van der Waals surface area contributed by atoms with Crippen LogP contribution in [-0.4, -0.2) is 34.1 Å². The molecule has 20 heavy (non-hydrogen) atoms. The number of hydrogen-bond donors (Lipinski definition) is 2. The van der Waals surface area contributed by atoms with E-state index in [-0.39, 0.29) is 27.0 Å². The standard InChI is InChI=1S/C11H14Cl2N2O4S/c1-2-19-4-3-15-11(16)8-5-7(20(14,17)18)6-9(12)10(8)13/h5-6H,2-4H2,1H3,(H,15,16)(H2,14,17,18). The van der Waals surface area contributed by atoms with Gasteiger partial charge in [0.2, 0.25) is 10.0 Å². The van der Waals surface area contributed by atoms with E-state index in [0.717, 1.165) is 12.1 Å². The van der Waals surface area contributed by atoms with Gasteiger partial charge in [-0.05, 0) is 19.1 Å². The summed E-state index contributed by atoms with van der Waals surface area (Å²) < 4.78 is 27.7. The number of carbonyl (C=O) groups is 1.